The molecule has 1 aromatic heterocycles. The first-order valence-corrected chi connectivity index (χ1v) is 4.95. The van der Waals surface area contributed by atoms with E-state index in [0.29, 0.717) is 5.01 Å². The molecule has 0 aliphatic rings. The van der Waals surface area contributed by atoms with Crippen molar-refractivity contribution < 1.29 is 5.21 Å². The number of oxime groups is 1. The van der Waals surface area contributed by atoms with Crippen LogP contribution in [0, 0.1) is 0 Å². The van der Waals surface area contributed by atoms with E-state index in [2.05, 4.69) is 15.4 Å². The van der Waals surface area contributed by atoms with Gasteiger partial charge in [-0.15, -0.1) is 10.2 Å². The smallest absolute Gasteiger partial charge is 0.206 e. The Balaban J connectivity index is 2.89. The Morgan fingerprint density at radius 3 is 2.91 bits per heavy atom. The molecular weight excluding hydrogens is 206 g/mol. The largest absolute Gasteiger partial charge is 0.410 e. The van der Waals surface area contributed by atoms with Crippen LogP contribution < -0.4 is 0 Å². The van der Waals surface area contributed by atoms with Crippen LogP contribution in [-0.2, 0) is 0 Å². The summed E-state index contributed by atoms with van der Waals surface area (Å²) >= 11 is 8.21. The average Bonchev–Trinajstić information content (AvgIpc) is 2.50. The highest BCUT2D eigenvalue weighted by Crippen LogP contribution is 2.20. The number of thioether (sulfide) groups is 1. The molecular formula is C4H4ClN3OS2. The minimum absolute atomic E-state index is 0.0252. The van der Waals surface area contributed by atoms with Gasteiger partial charge in [-0.1, -0.05) is 39.9 Å². The van der Waals surface area contributed by atoms with Crippen LogP contribution >= 0.6 is 34.7 Å². The Labute approximate surface area is 76.3 Å². The molecule has 0 aromatic carbocycles. The van der Waals surface area contributed by atoms with Crippen molar-refractivity contribution in [1.82, 2.24) is 10.2 Å². The van der Waals surface area contributed by atoms with Crippen molar-refractivity contribution in [2.24, 2.45) is 5.16 Å². The Hall–Kier alpha value is -0.330. The predicted molar refractivity (Wildman–Crippen MR) is 45.9 cm³/mol. The van der Waals surface area contributed by atoms with Gasteiger partial charge in [0.2, 0.25) is 5.17 Å². The van der Waals surface area contributed by atoms with Crippen LogP contribution in [0.25, 0.3) is 0 Å². The summed E-state index contributed by atoms with van der Waals surface area (Å²) in [7, 11) is 0. The summed E-state index contributed by atoms with van der Waals surface area (Å²) in [6.45, 7) is 0. The van der Waals surface area contributed by atoms with E-state index in [1.807, 2.05) is 6.26 Å². The van der Waals surface area contributed by atoms with Gasteiger partial charge in [0.15, 0.2) is 9.35 Å². The molecule has 1 rings (SSSR count). The third-order valence-electron chi connectivity index (χ3n) is 0.845. The first-order chi connectivity index (χ1) is 5.27. The van der Waals surface area contributed by atoms with Crippen molar-refractivity contribution in [3.63, 3.8) is 0 Å². The van der Waals surface area contributed by atoms with Crippen LogP contribution in [0.4, 0.5) is 0 Å². The molecule has 1 heterocycles. The zero-order chi connectivity index (χ0) is 8.27. The SMILES string of the molecule is CSc1nnc(C(Cl)=NO)s1. The first kappa shape index (κ1) is 8.76. The molecule has 11 heavy (non-hydrogen) atoms. The zero-order valence-corrected chi connectivity index (χ0v) is 7.87. The summed E-state index contributed by atoms with van der Waals surface area (Å²) in [4.78, 5) is 0. The number of halogens is 1. The molecule has 0 saturated heterocycles. The van der Waals surface area contributed by atoms with Crippen molar-refractivity contribution >= 4 is 39.9 Å². The summed E-state index contributed by atoms with van der Waals surface area (Å²) in [6.07, 6.45) is 1.88. The molecule has 0 fully saturated rings. The van der Waals surface area contributed by atoms with Gasteiger partial charge < -0.3 is 5.21 Å². The fourth-order valence-electron chi connectivity index (χ4n) is 0.418. The molecule has 0 aliphatic carbocycles. The summed E-state index contributed by atoms with van der Waals surface area (Å²) in [5.41, 5.74) is 0. The minimum Gasteiger partial charge on any atom is -0.410 e. The lowest BCUT2D eigenvalue weighted by molar-refractivity contribution is 0.321. The normalized spacial score (nSPS) is 12.0. The van der Waals surface area contributed by atoms with E-state index < -0.39 is 0 Å². The number of hydrogen-bond acceptors (Lipinski definition) is 6. The molecule has 0 saturated carbocycles. The standard InChI is InChI=1S/C4H4ClN3OS2/c1-10-4-7-6-3(11-4)2(5)8-9/h9H,1H3. The van der Waals surface area contributed by atoms with Crippen LogP contribution in [-0.4, -0.2) is 26.8 Å². The van der Waals surface area contributed by atoms with Gasteiger partial charge in [0.25, 0.3) is 0 Å². The van der Waals surface area contributed by atoms with Crippen LogP contribution in [0.2, 0.25) is 0 Å². The molecule has 0 bridgehead atoms. The van der Waals surface area contributed by atoms with E-state index in [9.17, 15) is 0 Å². The molecule has 7 heteroatoms. The first-order valence-electron chi connectivity index (χ1n) is 2.53. The number of nitrogens with zero attached hydrogens (tertiary/aromatic N) is 3. The van der Waals surface area contributed by atoms with E-state index in [-0.39, 0.29) is 5.17 Å². The van der Waals surface area contributed by atoms with E-state index in [1.54, 1.807) is 0 Å². The minimum atomic E-state index is -0.0252. The van der Waals surface area contributed by atoms with Crippen LogP contribution in [0.15, 0.2) is 9.50 Å². The maximum atomic E-state index is 8.26. The summed E-state index contributed by atoms with van der Waals surface area (Å²) < 4.78 is 0.793. The van der Waals surface area contributed by atoms with Crippen molar-refractivity contribution in [1.29, 1.82) is 0 Å². The summed E-state index contributed by atoms with van der Waals surface area (Å²) in [5.74, 6) is 0. The van der Waals surface area contributed by atoms with E-state index in [1.165, 1.54) is 23.1 Å². The predicted octanol–water partition coefficient (Wildman–Crippen LogP) is 1.63. The topological polar surface area (TPSA) is 58.4 Å². The van der Waals surface area contributed by atoms with E-state index >= 15 is 0 Å². The molecule has 60 valence electrons. The Kier molecular flexibility index (Phi) is 3.10. The number of rotatable bonds is 2. The van der Waals surface area contributed by atoms with Crippen LogP contribution in [0.5, 0.6) is 0 Å². The Morgan fingerprint density at radius 2 is 2.45 bits per heavy atom. The Bertz CT molecular complexity index is 274. The fourth-order valence-corrected chi connectivity index (χ4v) is 1.72. The molecule has 0 amide bonds. The molecule has 1 aromatic rings. The monoisotopic (exact) mass is 209 g/mol. The van der Waals surface area contributed by atoms with Crippen molar-refractivity contribution in [2.45, 2.75) is 4.34 Å². The molecule has 0 radical (unpaired) electrons. The van der Waals surface area contributed by atoms with Crippen molar-refractivity contribution in [3.05, 3.63) is 5.01 Å². The van der Waals surface area contributed by atoms with Gasteiger partial charge in [-0.3, -0.25) is 0 Å². The maximum Gasteiger partial charge on any atom is 0.206 e. The van der Waals surface area contributed by atoms with Gasteiger partial charge in [-0.05, 0) is 6.26 Å². The van der Waals surface area contributed by atoms with Crippen molar-refractivity contribution in [2.75, 3.05) is 6.26 Å². The number of hydrogen-bond donors (Lipinski definition) is 1. The quantitative estimate of drug-likeness (QED) is 0.348. The van der Waals surface area contributed by atoms with Gasteiger partial charge >= 0.3 is 0 Å². The van der Waals surface area contributed by atoms with Gasteiger partial charge in [0, 0.05) is 0 Å². The lowest BCUT2D eigenvalue weighted by Gasteiger charge is -1.82. The second-order valence-electron chi connectivity index (χ2n) is 1.47. The van der Waals surface area contributed by atoms with Gasteiger partial charge in [-0.25, -0.2) is 0 Å². The Morgan fingerprint density at radius 1 is 1.73 bits per heavy atom. The van der Waals surface area contributed by atoms with Gasteiger partial charge in [-0.2, -0.15) is 0 Å². The third kappa shape index (κ3) is 2.05. The zero-order valence-electron chi connectivity index (χ0n) is 5.48. The van der Waals surface area contributed by atoms with Crippen LogP contribution in [0.1, 0.15) is 5.01 Å². The average molecular weight is 210 g/mol. The highest BCUT2D eigenvalue weighted by Gasteiger charge is 2.07. The lowest BCUT2D eigenvalue weighted by atomic mass is 10.8. The summed E-state index contributed by atoms with van der Waals surface area (Å²) in [6, 6.07) is 0. The van der Waals surface area contributed by atoms with Crippen molar-refractivity contribution in [3.8, 4) is 0 Å². The van der Waals surface area contributed by atoms with Gasteiger partial charge in [0.05, 0.1) is 0 Å². The molecule has 1 N–H and O–H groups in total. The van der Waals surface area contributed by atoms with E-state index in [0.717, 1.165) is 4.34 Å². The maximum absolute atomic E-state index is 8.26. The number of aromatic nitrogens is 2. The summed E-state index contributed by atoms with van der Waals surface area (Å²) in [5, 5.41) is 18.9. The highest BCUT2D eigenvalue weighted by molar-refractivity contribution is 8.00. The lowest BCUT2D eigenvalue weighted by Crippen LogP contribution is -1.88. The van der Waals surface area contributed by atoms with Gasteiger partial charge in [0.1, 0.15) is 0 Å². The van der Waals surface area contributed by atoms with Crippen LogP contribution in [0.3, 0.4) is 0 Å². The second kappa shape index (κ2) is 3.89. The molecule has 0 aliphatic heterocycles. The highest BCUT2D eigenvalue weighted by atomic mass is 35.5. The van der Waals surface area contributed by atoms with E-state index in [4.69, 9.17) is 16.8 Å². The second-order valence-corrected chi connectivity index (χ2v) is 3.86. The third-order valence-corrected chi connectivity index (χ3v) is 3.12. The molecule has 0 atom stereocenters. The molecule has 4 nitrogen and oxygen atoms in total. The molecule has 0 spiro atoms. The fraction of sp³-hybridized carbons (Fsp3) is 0.250. The molecule has 0 unspecified atom stereocenters.